The Morgan fingerprint density at radius 2 is 1.76 bits per heavy atom. The summed E-state index contributed by atoms with van der Waals surface area (Å²) in [6.07, 6.45) is 3.33. The van der Waals surface area contributed by atoms with Gasteiger partial charge < -0.3 is 0 Å². The smallest absolute Gasteiger partial charge is 0.207 e. The second kappa shape index (κ2) is 8.11. The topological polar surface area (TPSA) is 61.2 Å². The fourth-order valence-electron chi connectivity index (χ4n) is 1.92. The summed E-state index contributed by atoms with van der Waals surface area (Å²) in [4.78, 5) is -0.0207. The molecule has 21 heavy (non-hydrogen) atoms. The molecule has 0 unspecified atom stereocenters. The third-order valence-electron chi connectivity index (χ3n) is 3.22. The molecule has 0 N–H and O–H groups in total. The molecule has 0 atom stereocenters. The van der Waals surface area contributed by atoms with Crippen LogP contribution in [0.3, 0.4) is 0 Å². The molecule has 116 valence electrons. The molecule has 0 amide bonds. The zero-order chi connectivity index (χ0) is 15.9. The van der Waals surface area contributed by atoms with Crippen molar-refractivity contribution in [2.75, 3.05) is 13.1 Å². The number of nitriles is 1. The number of unbranched alkanes of at least 4 members (excludes halogenated alkanes) is 2. The van der Waals surface area contributed by atoms with Crippen molar-refractivity contribution in [1.29, 1.82) is 5.26 Å². The van der Waals surface area contributed by atoms with Gasteiger partial charge in [0.1, 0.15) is 11.9 Å². The Kier molecular flexibility index (Phi) is 6.79. The van der Waals surface area contributed by atoms with Crippen LogP contribution in [0.4, 0.5) is 4.39 Å². The summed E-state index contributed by atoms with van der Waals surface area (Å²) in [6, 6.07) is 5.03. The highest BCUT2D eigenvalue weighted by Gasteiger charge is 2.24. The van der Waals surface area contributed by atoms with Crippen molar-refractivity contribution in [3.63, 3.8) is 0 Å². The first-order chi connectivity index (χ1) is 9.97. The maximum atomic E-state index is 13.3. The van der Waals surface area contributed by atoms with E-state index in [2.05, 4.69) is 0 Å². The van der Waals surface area contributed by atoms with Gasteiger partial charge in [0.05, 0.1) is 10.5 Å². The largest absolute Gasteiger partial charge is 0.243 e. The monoisotopic (exact) mass is 312 g/mol. The standard InChI is InChI=1S/C15H21FN2O2S/c1-3-5-9-18(10-6-4-2)21(19,20)14-7-8-15(16)13(11-14)12-17/h7-8,11H,3-6,9-10H2,1-2H3. The van der Waals surface area contributed by atoms with Gasteiger partial charge in [0.2, 0.25) is 10.0 Å². The number of nitrogens with zero attached hydrogens (tertiary/aromatic N) is 2. The molecule has 0 aliphatic rings. The van der Waals surface area contributed by atoms with Gasteiger partial charge in [-0.05, 0) is 31.0 Å². The molecule has 0 saturated heterocycles. The van der Waals surface area contributed by atoms with E-state index in [-0.39, 0.29) is 10.5 Å². The molecule has 1 aromatic rings. The van der Waals surface area contributed by atoms with Gasteiger partial charge in [-0.15, -0.1) is 0 Å². The van der Waals surface area contributed by atoms with Gasteiger partial charge >= 0.3 is 0 Å². The highest BCUT2D eigenvalue weighted by atomic mass is 32.2. The summed E-state index contributed by atoms with van der Waals surface area (Å²) in [6.45, 7) is 4.88. The fourth-order valence-corrected chi connectivity index (χ4v) is 3.46. The normalized spacial score (nSPS) is 11.6. The minimum absolute atomic E-state index is 0.0207. The van der Waals surface area contributed by atoms with Crippen LogP contribution >= 0.6 is 0 Å². The van der Waals surface area contributed by atoms with E-state index in [9.17, 15) is 12.8 Å². The number of benzene rings is 1. The summed E-state index contributed by atoms with van der Waals surface area (Å²) in [5.41, 5.74) is -0.248. The molecule has 0 radical (unpaired) electrons. The summed E-state index contributed by atoms with van der Waals surface area (Å²) < 4.78 is 40.0. The Morgan fingerprint density at radius 1 is 1.19 bits per heavy atom. The molecule has 0 heterocycles. The van der Waals surface area contributed by atoms with Crippen LogP contribution in [0.1, 0.15) is 45.1 Å². The summed E-state index contributed by atoms with van der Waals surface area (Å²) in [5, 5.41) is 8.83. The first kappa shape index (κ1) is 17.6. The lowest BCUT2D eigenvalue weighted by atomic mass is 10.2. The molecule has 1 aromatic carbocycles. The molecular weight excluding hydrogens is 291 g/mol. The van der Waals surface area contributed by atoms with Crippen molar-refractivity contribution < 1.29 is 12.8 Å². The minimum Gasteiger partial charge on any atom is -0.207 e. The molecule has 1 rings (SSSR count). The third kappa shape index (κ3) is 4.51. The lowest BCUT2D eigenvalue weighted by molar-refractivity contribution is 0.395. The Morgan fingerprint density at radius 3 is 2.24 bits per heavy atom. The second-order valence-electron chi connectivity index (χ2n) is 4.86. The second-order valence-corrected chi connectivity index (χ2v) is 6.80. The SMILES string of the molecule is CCCCN(CCCC)S(=O)(=O)c1ccc(F)c(C#N)c1. The van der Waals surface area contributed by atoms with Crippen molar-refractivity contribution in [1.82, 2.24) is 4.31 Å². The Labute approximate surface area is 126 Å². The Balaban J connectivity index is 3.12. The zero-order valence-corrected chi connectivity index (χ0v) is 13.3. The van der Waals surface area contributed by atoms with E-state index in [0.717, 1.165) is 37.8 Å². The van der Waals surface area contributed by atoms with Gasteiger partial charge in [0.25, 0.3) is 0 Å². The maximum Gasteiger partial charge on any atom is 0.243 e. The van der Waals surface area contributed by atoms with Gasteiger partial charge in [0, 0.05) is 13.1 Å². The van der Waals surface area contributed by atoms with Crippen LogP contribution in [0.15, 0.2) is 23.1 Å². The highest BCUT2D eigenvalue weighted by molar-refractivity contribution is 7.89. The first-order valence-electron chi connectivity index (χ1n) is 7.17. The quantitative estimate of drug-likeness (QED) is 0.740. The predicted octanol–water partition coefficient (Wildman–Crippen LogP) is 3.29. The van der Waals surface area contributed by atoms with Crippen molar-refractivity contribution in [2.24, 2.45) is 0 Å². The lowest BCUT2D eigenvalue weighted by Gasteiger charge is -2.22. The highest BCUT2D eigenvalue weighted by Crippen LogP contribution is 2.20. The summed E-state index contributed by atoms with van der Waals surface area (Å²) >= 11 is 0. The van der Waals surface area contributed by atoms with E-state index in [1.54, 1.807) is 6.07 Å². The van der Waals surface area contributed by atoms with Crippen LogP contribution in [0.2, 0.25) is 0 Å². The van der Waals surface area contributed by atoms with Gasteiger partial charge in [-0.25, -0.2) is 12.8 Å². The van der Waals surface area contributed by atoms with Gasteiger partial charge in [-0.2, -0.15) is 9.57 Å². The molecule has 0 aliphatic heterocycles. The van der Waals surface area contributed by atoms with Gasteiger partial charge in [-0.1, -0.05) is 26.7 Å². The lowest BCUT2D eigenvalue weighted by Crippen LogP contribution is -2.33. The third-order valence-corrected chi connectivity index (χ3v) is 5.11. The molecule has 4 nitrogen and oxygen atoms in total. The van der Waals surface area contributed by atoms with Crippen LogP contribution in [0.5, 0.6) is 0 Å². The van der Waals surface area contributed by atoms with E-state index >= 15 is 0 Å². The zero-order valence-electron chi connectivity index (χ0n) is 12.5. The number of halogens is 1. The number of hydrogen-bond donors (Lipinski definition) is 0. The predicted molar refractivity (Wildman–Crippen MR) is 79.7 cm³/mol. The Bertz CT molecular complexity index is 601. The first-order valence-corrected chi connectivity index (χ1v) is 8.61. The van der Waals surface area contributed by atoms with E-state index in [0.29, 0.717) is 13.1 Å². The van der Waals surface area contributed by atoms with Crippen LogP contribution in [0.25, 0.3) is 0 Å². The van der Waals surface area contributed by atoms with Crippen molar-refractivity contribution in [3.8, 4) is 6.07 Å². The van der Waals surface area contributed by atoms with Crippen molar-refractivity contribution >= 4 is 10.0 Å². The molecule has 0 saturated carbocycles. The van der Waals surface area contributed by atoms with Crippen LogP contribution < -0.4 is 0 Å². The minimum atomic E-state index is -3.68. The fraction of sp³-hybridized carbons (Fsp3) is 0.533. The van der Waals surface area contributed by atoms with E-state index < -0.39 is 15.8 Å². The molecule has 6 heteroatoms. The molecular formula is C15H21FN2O2S. The number of rotatable bonds is 8. The molecule has 0 bridgehead atoms. The molecule has 0 aliphatic carbocycles. The van der Waals surface area contributed by atoms with Gasteiger partial charge in [0.15, 0.2) is 0 Å². The number of hydrogen-bond acceptors (Lipinski definition) is 3. The van der Waals surface area contributed by atoms with Crippen LogP contribution in [0, 0.1) is 17.1 Å². The average molecular weight is 312 g/mol. The maximum absolute atomic E-state index is 13.3. The van der Waals surface area contributed by atoms with Gasteiger partial charge in [-0.3, -0.25) is 0 Å². The van der Waals surface area contributed by atoms with Crippen LogP contribution in [-0.4, -0.2) is 25.8 Å². The van der Waals surface area contributed by atoms with Crippen molar-refractivity contribution in [3.05, 3.63) is 29.6 Å². The molecule has 0 fully saturated rings. The summed E-state index contributed by atoms with van der Waals surface area (Å²) in [7, 11) is -3.68. The van der Waals surface area contributed by atoms with E-state index in [1.807, 2.05) is 13.8 Å². The molecule has 0 spiro atoms. The van der Waals surface area contributed by atoms with E-state index in [1.165, 1.54) is 10.4 Å². The van der Waals surface area contributed by atoms with Crippen LogP contribution in [-0.2, 0) is 10.0 Å². The van der Waals surface area contributed by atoms with Crippen molar-refractivity contribution in [2.45, 2.75) is 44.4 Å². The Hall–Kier alpha value is -1.45. The average Bonchev–Trinajstić information content (AvgIpc) is 2.47. The number of sulfonamides is 1. The summed E-state index contributed by atoms with van der Waals surface area (Å²) in [5.74, 6) is -0.704. The van der Waals surface area contributed by atoms with E-state index in [4.69, 9.17) is 5.26 Å². The molecule has 0 aromatic heterocycles.